The van der Waals surface area contributed by atoms with Gasteiger partial charge in [0, 0.05) is 27.7 Å². The van der Waals surface area contributed by atoms with Crippen LogP contribution in [0, 0.1) is 0 Å². The summed E-state index contributed by atoms with van der Waals surface area (Å²) < 4.78 is 6.69. The Balaban J connectivity index is 1.25. The number of oxazole rings is 1. The number of hydrogen-bond donors (Lipinski definition) is 0. The Bertz CT molecular complexity index is 2870. The molecule has 0 spiro atoms. The van der Waals surface area contributed by atoms with Gasteiger partial charge in [0.25, 0.3) is 0 Å². The van der Waals surface area contributed by atoms with Gasteiger partial charge in [-0.05, 0) is 98.4 Å². The van der Waals surface area contributed by atoms with Crippen LogP contribution in [-0.4, -0.2) is 4.98 Å². The fourth-order valence-corrected chi connectivity index (χ4v) is 7.58. The molecule has 0 aliphatic carbocycles. The van der Waals surface area contributed by atoms with E-state index in [-0.39, 0.29) is 0 Å². The number of rotatable bonds is 6. The molecule has 0 aliphatic rings. The topological polar surface area (TPSA) is 29.3 Å². The molecule has 10 rings (SSSR count). The zero-order valence-electron chi connectivity index (χ0n) is 28.3. The van der Waals surface area contributed by atoms with Crippen molar-refractivity contribution in [3.8, 4) is 33.7 Å². The number of benzene rings is 9. The monoisotopic (exact) mass is 664 g/mol. The highest BCUT2D eigenvalue weighted by Gasteiger charge is 2.21. The normalized spacial score (nSPS) is 11.5. The van der Waals surface area contributed by atoms with E-state index in [1.165, 1.54) is 27.5 Å². The first-order valence-corrected chi connectivity index (χ1v) is 17.6. The molecule has 0 aliphatic heterocycles. The number of para-hydroxylation sites is 1. The van der Waals surface area contributed by atoms with Crippen LogP contribution in [0.4, 0.5) is 17.1 Å². The van der Waals surface area contributed by atoms with E-state index in [0.29, 0.717) is 5.89 Å². The average Bonchev–Trinajstić information content (AvgIpc) is 3.67. The number of anilines is 3. The van der Waals surface area contributed by atoms with Gasteiger partial charge in [0.05, 0.1) is 5.69 Å². The van der Waals surface area contributed by atoms with Gasteiger partial charge in [-0.2, -0.15) is 0 Å². The van der Waals surface area contributed by atoms with Crippen LogP contribution in [0.3, 0.4) is 0 Å². The molecule has 9 aromatic carbocycles. The van der Waals surface area contributed by atoms with Crippen LogP contribution >= 0.6 is 0 Å². The summed E-state index contributed by atoms with van der Waals surface area (Å²) in [4.78, 5) is 7.34. The van der Waals surface area contributed by atoms with Gasteiger partial charge in [0.1, 0.15) is 5.52 Å². The van der Waals surface area contributed by atoms with E-state index >= 15 is 0 Å². The van der Waals surface area contributed by atoms with Crippen LogP contribution in [0.5, 0.6) is 0 Å². The Kier molecular flexibility index (Phi) is 7.14. The zero-order chi connectivity index (χ0) is 34.4. The average molecular weight is 665 g/mol. The summed E-state index contributed by atoms with van der Waals surface area (Å²) in [6, 6.07) is 68.8. The minimum absolute atomic E-state index is 0.620. The molecule has 3 nitrogen and oxygen atoms in total. The highest BCUT2D eigenvalue weighted by atomic mass is 16.3. The highest BCUT2D eigenvalue weighted by Crippen LogP contribution is 2.45. The molecule has 0 radical (unpaired) electrons. The van der Waals surface area contributed by atoms with E-state index in [0.717, 1.165) is 60.8 Å². The van der Waals surface area contributed by atoms with Crippen molar-refractivity contribution >= 4 is 60.5 Å². The van der Waals surface area contributed by atoms with Crippen molar-refractivity contribution in [2.24, 2.45) is 0 Å². The van der Waals surface area contributed by atoms with E-state index < -0.39 is 0 Å². The first-order chi connectivity index (χ1) is 25.8. The van der Waals surface area contributed by atoms with Gasteiger partial charge in [0.15, 0.2) is 5.58 Å². The molecule has 0 amide bonds. The van der Waals surface area contributed by atoms with Crippen molar-refractivity contribution in [1.82, 2.24) is 4.98 Å². The lowest BCUT2D eigenvalue weighted by molar-refractivity contribution is 0.623. The highest BCUT2D eigenvalue weighted by molar-refractivity contribution is 6.23. The van der Waals surface area contributed by atoms with Gasteiger partial charge in [-0.25, -0.2) is 4.98 Å². The van der Waals surface area contributed by atoms with Crippen LogP contribution in [0.1, 0.15) is 0 Å². The summed E-state index contributed by atoms with van der Waals surface area (Å²) in [5.41, 5.74) is 10.6. The molecule has 244 valence electrons. The summed E-state index contributed by atoms with van der Waals surface area (Å²) in [5.74, 6) is 0.620. The molecule has 0 saturated heterocycles. The van der Waals surface area contributed by atoms with Crippen LogP contribution in [-0.2, 0) is 0 Å². The van der Waals surface area contributed by atoms with Gasteiger partial charge in [-0.15, -0.1) is 0 Å². The fourth-order valence-electron chi connectivity index (χ4n) is 7.58. The number of hydrogen-bond acceptors (Lipinski definition) is 3. The number of aromatic nitrogens is 1. The lowest BCUT2D eigenvalue weighted by Gasteiger charge is -2.28. The Hall–Kier alpha value is -6.97. The molecule has 0 saturated carbocycles. The predicted octanol–water partition coefficient (Wildman–Crippen LogP) is 13.8. The molecule has 0 bridgehead atoms. The maximum atomic E-state index is 6.69. The Morgan fingerprint density at radius 1 is 0.404 bits per heavy atom. The molecule has 10 aromatic rings. The van der Waals surface area contributed by atoms with E-state index in [4.69, 9.17) is 9.40 Å². The maximum absolute atomic E-state index is 6.69. The van der Waals surface area contributed by atoms with Gasteiger partial charge < -0.3 is 9.32 Å². The molecule has 3 heteroatoms. The van der Waals surface area contributed by atoms with Crippen molar-refractivity contribution in [1.29, 1.82) is 0 Å². The van der Waals surface area contributed by atoms with Crippen molar-refractivity contribution < 1.29 is 4.42 Å². The molecule has 1 aromatic heterocycles. The first kappa shape index (κ1) is 29.9. The van der Waals surface area contributed by atoms with Crippen LogP contribution in [0.2, 0.25) is 0 Å². The van der Waals surface area contributed by atoms with E-state index in [1.54, 1.807) is 0 Å². The van der Waals surface area contributed by atoms with Crippen LogP contribution in [0.15, 0.2) is 199 Å². The molecule has 0 atom stereocenters. The summed E-state index contributed by atoms with van der Waals surface area (Å²) in [6.07, 6.45) is 0. The van der Waals surface area contributed by atoms with Gasteiger partial charge >= 0.3 is 0 Å². The second-order valence-corrected chi connectivity index (χ2v) is 13.2. The second kappa shape index (κ2) is 12.4. The smallest absolute Gasteiger partial charge is 0.227 e. The summed E-state index contributed by atoms with van der Waals surface area (Å²) in [7, 11) is 0. The van der Waals surface area contributed by atoms with Crippen molar-refractivity contribution in [2.75, 3.05) is 4.90 Å². The summed E-state index contributed by atoms with van der Waals surface area (Å²) in [6.45, 7) is 0. The van der Waals surface area contributed by atoms with E-state index in [1.807, 2.05) is 30.3 Å². The summed E-state index contributed by atoms with van der Waals surface area (Å²) >= 11 is 0. The molecular weight excluding hydrogens is 633 g/mol. The summed E-state index contributed by atoms with van der Waals surface area (Å²) in [5, 5.41) is 6.82. The lowest BCUT2D eigenvalue weighted by Crippen LogP contribution is -2.10. The quantitative estimate of drug-likeness (QED) is 0.166. The van der Waals surface area contributed by atoms with E-state index in [9.17, 15) is 0 Å². The van der Waals surface area contributed by atoms with Gasteiger partial charge in [0.2, 0.25) is 5.89 Å². The van der Waals surface area contributed by atoms with E-state index in [2.05, 4.69) is 169 Å². The zero-order valence-corrected chi connectivity index (χ0v) is 28.3. The second-order valence-electron chi connectivity index (χ2n) is 13.2. The molecular formula is C49H32N2O. The molecule has 0 fully saturated rings. The van der Waals surface area contributed by atoms with Crippen LogP contribution in [0.25, 0.3) is 77.1 Å². The first-order valence-electron chi connectivity index (χ1n) is 17.6. The third kappa shape index (κ3) is 5.10. The minimum atomic E-state index is 0.620. The Morgan fingerprint density at radius 3 is 1.83 bits per heavy atom. The maximum Gasteiger partial charge on any atom is 0.227 e. The number of fused-ring (bicyclic) bond motifs is 6. The van der Waals surface area contributed by atoms with Gasteiger partial charge in [-0.1, -0.05) is 140 Å². The standard InChI is InChI=1S/C49H32N2O/c1-4-13-33(14-5-1)34-23-27-40(28-24-34)51(39-19-8-3-9-20-39)46-32-38-26-30-45-48(52-49(50-45)36-16-6-2-7-17-36)47(38)44-31-37(25-29-43(44)46)42-22-12-18-35-15-10-11-21-41(35)42/h1-32H. The molecule has 0 N–H and O–H groups in total. The third-order valence-corrected chi connectivity index (χ3v) is 10.1. The SMILES string of the molecule is c1ccc(-c2ccc(N(c3ccccc3)c3cc4ccc5nc(-c6ccccc6)oc5c4c4cc(-c5cccc6ccccc56)ccc34)cc2)cc1. The van der Waals surface area contributed by atoms with Crippen molar-refractivity contribution in [3.05, 3.63) is 194 Å². The van der Waals surface area contributed by atoms with Crippen LogP contribution < -0.4 is 4.90 Å². The van der Waals surface area contributed by atoms with Crippen molar-refractivity contribution in [3.63, 3.8) is 0 Å². The largest absolute Gasteiger partial charge is 0.435 e. The fraction of sp³-hybridized carbons (Fsp3) is 0. The van der Waals surface area contributed by atoms with Gasteiger partial charge in [-0.3, -0.25) is 0 Å². The third-order valence-electron chi connectivity index (χ3n) is 10.1. The number of nitrogens with zero attached hydrogens (tertiary/aromatic N) is 2. The minimum Gasteiger partial charge on any atom is -0.435 e. The molecule has 52 heavy (non-hydrogen) atoms. The Morgan fingerprint density at radius 2 is 1.04 bits per heavy atom. The lowest BCUT2D eigenvalue weighted by atomic mass is 9.92. The Labute approximate surface area is 301 Å². The molecule has 0 unspecified atom stereocenters. The predicted molar refractivity (Wildman–Crippen MR) is 218 cm³/mol. The van der Waals surface area contributed by atoms with Crippen molar-refractivity contribution in [2.45, 2.75) is 0 Å². The molecule has 1 heterocycles.